The quantitative estimate of drug-likeness (QED) is 0.896. The van der Waals surface area contributed by atoms with Crippen LogP contribution in [0.4, 0.5) is 0 Å². The molecule has 2 amide bonds. The van der Waals surface area contributed by atoms with Gasteiger partial charge in [0.05, 0.1) is 11.8 Å². The SMILES string of the molecule is CC(NC(=O)c1ccoc1)C(=O)N1CCN(Cc2ccsc2)CC1. The van der Waals surface area contributed by atoms with Gasteiger partial charge >= 0.3 is 0 Å². The molecule has 0 radical (unpaired) electrons. The van der Waals surface area contributed by atoms with E-state index in [-0.39, 0.29) is 11.8 Å². The first-order valence-electron chi connectivity index (χ1n) is 7.99. The molecule has 1 aliphatic heterocycles. The Hall–Kier alpha value is -2.12. The second-order valence-corrected chi connectivity index (χ2v) is 6.72. The van der Waals surface area contributed by atoms with Crippen molar-refractivity contribution in [3.05, 3.63) is 46.5 Å². The van der Waals surface area contributed by atoms with Gasteiger partial charge in [-0.25, -0.2) is 0 Å². The fraction of sp³-hybridized carbons (Fsp3) is 0.412. The summed E-state index contributed by atoms with van der Waals surface area (Å²) in [7, 11) is 0. The van der Waals surface area contributed by atoms with E-state index in [4.69, 9.17) is 4.42 Å². The lowest BCUT2D eigenvalue weighted by molar-refractivity contribution is -0.134. The summed E-state index contributed by atoms with van der Waals surface area (Å²) in [5, 5.41) is 6.97. The number of hydrogen-bond acceptors (Lipinski definition) is 5. The molecule has 2 aromatic heterocycles. The van der Waals surface area contributed by atoms with Crippen LogP contribution < -0.4 is 5.32 Å². The molecule has 6 nitrogen and oxygen atoms in total. The Labute approximate surface area is 145 Å². The molecule has 24 heavy (non-hydrogen) atoms. The summed E-state index contributed by atoms with van der Waals surface area (Å²) in [5.41, 5.74) is 1.75. The van der Waals surface area contributed by atoms with Gasteiger partial charge in [-0.3, -0.25) is 14.5 Å². The molecule has 1 N–H and O–H groups in total. The average molecular weight is 347 g/mol. The number of nitrogens with zero attached hydrogens (tertiary/aromatic N) is 2. The van der Waals surface area contributed by atoms with Crippen LogP contribution in [0.15, 0.2) is 39.8 Å². The lowest BCUT2D eigenvalue weighted by atomic mass is 10.2. The lowest BCUT2D eigenvalue weighted by Gasteiger charge is -2.35. The first kappa shape index (κ1) is 16.7. The molecule has 0 bridgehead atoms. The summed E-state index contributed by atoms with van der Waals surface area (Å²) >= 11 is 1.70. The van der Waals surface area contributed by atoms with E-state index >= 15 is 0 Å². The van der Waals surface area contributed by atoms with Gasteiger partial charge < -0.3 is 14.6 Å². The average Bonchev–Trinajstić information content (AvgIpc) is 3.28. The van der Waals surface area contributed by atoms with E-state index in [9.17, 15) is 9.59 Å². The van der Waals surface area contributed by atoms with Crippen LogP contribution in [0.1, 0.15) is 22.8 Å². The molecule has 0 saturated carbocycles. The Bertz CT molecular complexity index is 661. The van der Waals surface area contributed by atoms with Crippen LogP contribution in [0.5, 0.6) is 0 Å². The largest absolute Gasteiger partial charge is 0.472 e. The number of carbonyl (C=O) groups is 2. The zero-order valence-electron chi connectivity index (χ0n) is 13.6. The summed E-state index contributed by atoms with van der Waals surface area (Å²) < 4.78 is 4.89. The predicted octanol–water partition coefficient (Wildman–Crippen LogP) is 1.80. The molecule has 3 heterocycles. The van der Waals surface area contributed by atoms with Crippen LogP contribution >= 0.6 is 11.3 Å². The van der Waals surface area contributed by atoms with E-state index in [1.165, 1.54) is 18.1 Å². The molecule has 1 unspecified atom stereocenters. The molecule has 1 atom stereocenters. The molecule has 0 spiro atoms. The van der Waals surface area contributed by atoms with Gasteiger partial charge in [0.1, 0.15) is 12.3 Å². The third kappa shape index (κ3) is 4.04. The highest BCUT2D eigenvalue weighted by molar-refractivity contribution is 7.07. The monoisotopic (exact) mass is 347 g/mol. The number of carbonyl (C=O) groups excluding carboxylic acids is 2. The van der Waals surface area contributed by atoms with E-state index in [2.05, 4.69) is 27.0 Å². The fourth-order valence-electron chi connectivity index (χ4n) is 2.78. The topological polar surface area (TPSA) is 65.8 Å². The lowest BCUT2D eigenvalue weighted by Crippen LogP contribution is -2.53. The van der Waals surface area contributed by atoms with Crippen molar-refractivity contribution in [3.63, 3.8) is 0 Å². The number of thiophene rings is 1. The first-order chi connectivity index (χ1) is 11.6. The standard InChI is InChI=1S/C17H21N3O3S/c1-13(18-16(21)15-2-8-23-11-15)17(22)20-6-4-19(5-7-20)10-14-3-9-24-12-14/h2-3,8-9,11-13H,4-7,10H2,1H3,(H,18,21). The van der Waals surface area contributed by atoms with Gasteiger partial charge in [0.25, 0.3) is 5.91 Å². The number of nitrogens with one attached hydrogen (secondary N) is 1. The minimum Gasteiger partial charge on any atom is -0.472 e. The van der Waals surface area contributed by atoms with Crippen molar-refractivity contribution >= 4 is 23.2 Å². The minimum atomic E-state index is -0.546. The van der Waals surface area contributed by atoms with Crippen LogP contribution in [-0.4, -0.2) is 53.8 Å². The highest BCUT2D eigenvalue weighted by atomic mass is 32.1. The second-order valence-electron chi connectivity index (χ2n) is 5.94. The van der Waals surface area contributed by atoms with Crippen molar-refractivity contribution < 1.29 is 14.0 Å². The molecule has 1 aliphatic rings. The predicted molar refractivity (Wildman–Crippen MR) is 91.8 cm³/mol. The zero-order chi connectivity index (χ0) is 16.9. The fourth-order valence-corrected chi connectivity index (χ4v) is 3.44. The Morgan fingerprint density at radius 3 is 2.71 bits per heavy atom. The number of piperazine rings is 1. The minimum absolute atomic E-state index is 0.0398. The number of amides is 2. The van der Waals surface area contributed by atoms with Crippen LogP contribution in [0, 0.1) is 0 Å². The normalized spacial score (nSPS) is 16.8. The smallest absolute Gasteiger partial charge is 0.255 e. The number of rotatable bonds is 5. The van der Waals surface area contributed by atoms with Crippen molar-refractivity contribution in [1.82, 2.24) is 15.1 Å². The summed E-state index contributed by atoms with van der Waals surface area (Å²) in [4.78, 5) is 28.7. The van der Waals surface area contributed by atoms with Crippen LogP contribution in [0.3, 0.4) is 0 Å². The van der Waals surface area contributed by atoms with Crippen LogP contribution in [0.25, 0.3) is 0 Å². The van der Waals surface area contributed by atoms with Gasteiger partial charge in [0.15, 0.2) is 0 Å². The summed E-state index contributed by atoms with van der Waals surface area (Å²) in [6, 6.07) is 3.17. The molecule has 0 aliphatic carbocycles. The number of furan rings is 1. The zero-order valence-corrected chi connectivity index (χ0v) is 14.4. The van der Waals surface area contributed by atoms with E-state index in [0.717, 1.165) is 19.6 Å². The van der Waals surface area contributed by atoms with Gasteiger partial charge in [-0.15, -0.1) is 0 Å². The van der Waals surface area contributed by atoms with Crippen molar-refractivity contribution in [2.45, 2.75) is 19.5 Å². The Morgan fingerprint density at radius 2 is 2.08 bits per heavy atom. The van der Waals surface area contributed by atoms with Crippen molar-refractivity contribution in [2.75, 3.05) is 26.2 Å². The molecule has 1 fully saturated rings. The maximum atomic E-state index is 12.5. The van der Waals surface area contributed by atoms with Gasteiger partial charge in [0, 0.05) is 32.7 Å². The van der Waals surface area contributed by atoms with Crippen LogP contribution in [-0.2, 0) is 11.3 Å². The van der Waals surface area contributed by atoms with Gasteiger partial charge in [-0.05, 0) is 35.4 Å². The van der Waals surface area contributed by atoms with Gasteiger partial charge in [-0.2, -0.15) is 11.3 Å². The van der Waals surface area contributed by atoms with E-state index in [1.807, 2.05) is 4.90 Å². The molecular formula is C17H21N3O3S. The Morgan fingerprint density at radius 1 is 1.29 bits per heavy atom. The van der Waals surface area contributed by atoms with Crippen molar-refractivity contribution in [2.24, 2.45) is 0 Å². The summed E-state index contributed by atoms with van der Waals surface area (Å²) in [6.07, 6.45) is 2.81. The molecular weight excluding hydrogens is 326 g/mol. The maximum absolute atomic E-state index is 12.5. The molecule has 128 valence electrons. The molecule has 3 rings (SSSR count). The third-order valence-corrected chi connectivity index (χ3v) is 4.90. The van der Waals surface area contributed by atoms with Crippen molar-refractivity contribution in [3.8, 4) is 0 Å². The van der Waals surface area contributed by atoms with Crippen LogP contribution in [0.2, 0.25) is 0 Å². The molecule has 7 heteroatoms. The highest BCUT2D eigenvalue weighted by Crippen LogP contribution is 2.12. The maximum Gasteiger partial charge on any atom is 0.255 e. The first-order valence-corrected chi connectivity index (χ1v) is 8.93. The van der Waals surface area contributed by atoms with E-state index in [1.54, 1.807) is 24.3 Å². The molecule has 2 aromatic rings. The van der Waals surface area contributed by atoms with E-state index < -0.39 is 6.04 Å². The van der Waals surface area contributed by atoms with Gasteiger partial charge in [0.2, 0.25) is 5.91 Å². The van der Waals surface area contributed by atoms with Crippen molar-refractivity contribution in [1.29, 1.82) is 0 Å². The summed E-state index contributed by atoms with van der Waals surface area (Å²) in [5.74, 6) is -0.331. The van der Waals surface area contributed by atoms with Gasteiger partial charge in [-0.1, -0.05) is 0 Å². The highest BCUT2D eigenvalue weighted by Gasteiger charge is 2.26. The molecule has 1 saturated heterocycles. The van der Waals surface area contributed by atoms with E-state index in [0.29, 0.717) is 18.7 Å². The second kappa shape index (κ2) is 7.63. The Kier molecular flexibility index (Phi) is 5.32. The molecule has 0 aromatic carbocycles. The third-order valence-electron chi connectivity index (χ3n) is 4.17. The summed E-state index contributed by atoms with van der Waals surface area (Å²) in [6.45, 7) is 5.73. The Balaban J connectivity index is 1.46. The number of hydrogen-bond donors (Lipinski definition) is 1.